The Hall–Kier alpha value is -2.53. The third-order valence-corrected chi connectivity index (χ3v) is 5.55. The van der Waals surface area contributed by atoms with E-state index in [2.05, 4.69) is 33.5 Å². The van der Waals surface area contributed by atoms with Gasteiger partial charge in [0.15, 0.2) is 0 Å². The second-order valence-corrected chi connectivity index (χ2v) is 7.72. The Morgan fingerprint density at radius 1 is 1.14 bits per heavy atom. The van der Waals surface area contributed by atoms with Crippen LogP contribution in [0.4, 0.5) is 0 Å². The number of halogens is 1. The molecule has 0 saturated carbocycles. The van der Waals surface area contributed by atoms with Crippen molar-refractivity contribution >= 4 is 21.8 Å². The maximum atomic E-state index is 12.4. The molecule has 3 aromatic rings. The van der Waals surface area contributed by atoms with Gasteiger partial charge in [-0.05, 0) is 37.1 Å². The van der Waals surface area contributed by atoms with E-state index in [4.69, 9.17) is 10.5 Å². The molecule has 1 amide bonds. The van der Waals surface area contributed by atoms with Gasteiger partial charge in [-0.2, -0.15) is 0 Å². The molecule has 0 radical (unpaired) electrons. The number of rotatable bonds is 7. The van der Waals surface area contributed by atoms with Crippen LogP contribution in [0, 0.1) is 6.92 Å². The van der Waals surface area contributed by atoms with Gasteiger partial charge in [-0.3, -0.25) is 4.79 Å². The summed E-state index contributed by atoms with van der Waals surface area (Å²) in [6.45, 7) is 4.74. The lowest BCUT2D eigenvalue weighted by Gasteiger charge is -2.15. The van der Waals surface area contributed by atoms with E-state index in [1.807, 2.05) is 49.4 Å². The summed E-state index contributed by atoms with van der Waals surface area (Å²) in [6, 6.07) is 16.0. The fourth-order valence-corrected chi connectivity index (χ4v) is 4.01. The van der Waals surface area contributed by atoms with Crippen LogP contribution in [-0.2, 0) is 13.0 Å². The first-order valence-electron chi connectivity index (χ1n) is 9.37. The van der Waals surface area contributed by atoms with Crippen LogP contribution in [0.15, 0.2) is 53.0 Å². The van der Waals surface area contributed by atoms with E-state index in [0.717, 1.165) is 51.1 Å². The number of carbonyl (C=O) groups excluding carboxylic acids is 1. The number of methoxy groups -OCH3 is 1. The minimum atomic E-state index is -0.397. The highest BCUT2D eigenvalue weighted by atomic mass is 79.9. The molecular weight excluding hydrogens is 416 g/mol. The highest BCUT2D eigenvalue weighted by Crippen LogP contribution is 2.35. The summed E-state index contributed by atoms with van der Waals surface area (Å²) in [5.74, 6) is 0.440. The molecule has 5 heteroatoms. The molecule has 28 heavy (non-hydrogen) atoms. The molecule has 0 aliphatic carbocycles. The molecule has 1 aromatic heterocycles. The summed E-state index contributed by atoms with van der Waals surface area (Å²) in [5.41, 5.74) is 11.4. The first kappa shape index (κ1) is 20.2. The molecule has 0 unspecified atom stereocenters. The topological polar surface area (TPSA) is 57.2 Å². The minimum Gasteiger partial charge on any atom is -0.496 e. The van der Waals surface area contributed by atoms with E-state index < -0.39 is 5.91 Å². The number of hydrogen-bond acceptors (Lipinski definition) is 2. The van der Waals surface area contributed by atoms with Gasteiger partial charge in [0.1, 0.15) is 5.75 Å². The molecule has 0 aliphatic heterocycles. The average molecular weight is 441 g/mol. The number of carbonyl (C=O) groups is 1. The Bertz CT molecular complexity index is 991. The highest BCUT2D eigenvalue weighted by molar-refractivity contribution is 9.10. The number of para-hydroxylation sites is 1. The van der Waals surface area contributed by atoms with Gasteiger partial charge in [0.2, 0.25) is 0 Å². The zero-order valence-corrected chi connectivity index (χ0v) is 18.0. The van der Waals surface area contributed by atoms with E-state index in [1.165, 1.54) is 0 Å². The van der Waals surface area contributed by atoms with Crippen LogP contribution < -0.4 is 10.5 Å². The smallest absolute Gasteiger partial charge is 0.251 e. The Morgan fingerprint density at radius 2 is 1.82 bits per heavy atom. The minimum absolute atomic E-state index is 0.397. The Kier molecular flexibility index (Phi) is 6.25. The molecule has 3 rings (SSSR count). The SMILES string of the molecule is CCCc1c(-c2ccc(Br)cc2)c(C(N)=O)c(C)n1Cc1ccccc1OC. The maximum absolute atomic E-state index is 12.4. The molecule has 146 valence electrons. The van der Waals surface area contributed by atoms with E-state index in [-0.39, 0.29) is 0 Å². The lowest BCUT2D eigenvalue weighted by atomic mass is 9.98. The zero-order chi connectivity index (χ0) is 20.3. The number of ether oxygens (including phenoxy) is 1. The predicted octanol–water partition coefficient (Wildman–Crippen LogP) is 5.33. The van der Waals surface area contributed by atoms with Crippen molar-refractivity contribution in [3.8, 4) is 16.9 Å². The predicted molar refractivity (Wildman–Crippen MR) is 117 cm³/mol. The van der Waals surface area contributed by atoms with Gasteiger partial charge < -0.3 is 15.0 Å². The fraction of sp³-hybridized carbons (Fsp3) is 0.261. The van der Waals surface area contributed by atoms with Crippen LogP contribution in [0.1, 0.15) is 40.7 Å². The van der Waals surface area contributed by atoms with Crippen LogP contribution in [0.3, 0.4) is 0 Å². The molecule has 4 nitrogen and oxygen atoms in total. The van der Waals surface area contributed by atoms with Crippen molar-refractivity contribution in [3.63, 3.8) is 0 Å². The van der Waals surface area contributed by atoms with Crippen LogP contribution in [0.2, 0.25) is 0 Å². The van der Waals surface area contributed by atoms with Gasteiger partial charge in [0.05, 0.1) is 19.2 Å². The number of hydrogen-bond donors (Lipinski definition) is 1. The summed E-state index contributed by atoms with van der Waals surface area (Å²) < 4.78 is 8.74. The number of amides is 1. The van der Waals surface area contributed by atoms with Gasteiger partial charge in [0, 0.05) is 27.0 Å². The molecule has 0 aliphatic rings. The normalized spacial score (nSPS) is 10.9. The largest absolute Gasteiger partial charge is 0.496 e. The summed E-state index contributed by atoms with van der Waals surface area (Å²) in [7, 11) is 1.68. The first-order chi connectivity index (χ1) is 13.5. The van der Waals surface area contributed by atoms with Crippen molar-refractivity contribution in [1.82, 2.24) is 4.57 Å². The number of aromatic nitrogens is 1. The van der Waals surface area contributed by atoms with Gasteiger partial charge in [0.25, 0.3) is 5.91 Å². The monoisotopic (exact) mass is 440 g/mol. The highest BCUT2D eigenvalue weighted by Gasteiger charge is 2.24. The van der Waals surface area contributed by atoms with E-state index in [1.54, 1.807) is 7.11 Å². The number of primary amides is 1. The van der Waals surface area contributed by atoms with Crippen molar-refractivity contribution in [1.29, 1.82) is 0 Å². The average Bonchev–Trinajstić information content (AvgIpc) is 2.95. The van der Waals surface area contributed by atoms with E-state index >= 15 is 0 Å². The molecule has 0 saturated heterocycles. The van der Waals surface area contributed by atoms with Crippen molar-refractivity contribution in [2.24, 2.45) is 5.73 Å². The van der Waals surface area contributed by atoms with E-state index in [9.17, 15) is 4.79 Å². The van der Waals surface area contributed by atoms with Crippen LogP contribution in [0.5, 0.6) is 5.75 Å². The zero-order valence-electron chi connectivity index (χ0n) is 16.5. The van der Waals surface area contributed by atoms with Crippen molar-refractivity contribution in [3.05, 3.63) is 75.5 Å². The number of nitrogens with two attached hydrogens (primary N) is 1. The summed E-state index contributed by atoms with van der Waals surface area (Å²) in [4.78, 5) is 12.4. The second-order valence-electron chi connectivity index (χ2n) is 6.80. The quantitative estimate of drug-likeness (QED) is 0.539. The lowest BCUT2D eigenvalue weighted by molar-refractivity contribution is 0.1000. The number of benzene rings is 2. The summed E-state index contributed by atoms with van der Waals surface area (Å²) >= 11 is 3.48. The fourth-order valence-electron chi connectivity index (χ4n) is 3.74. The molecule has 2 N–H and O–H groups in total. The molecule has 2 aromatic carbocycles. The Balaban J connectivity index is 2.23. The maximum Gasteiger partial charge on any atom is 0.251 e. The Morgan fingerprint density at radius 3 is 2.43 bits per heavy atom. The van der Waals surface area contributed by atoms with Crippen molar-refractivity contribution in [2.45, 2.75) is 33.2 Å². The first-order valence-corrected chi connectivity index (χ1v) is 10.2. The molecule has 0 spiro atoms. The van der Waals surface area contributed by atoms with Crippen molar-refractivity contribution < 1.29 is 9.53 Å². The van der Waals surface area contributed by atoms with Crippen LogP contribution in [0.25, 0.3) is 11.1 Å². The third-order valence-electron chi connectivity index (χ3n) is 5.02. The van der Waals surface area contributed by atoms with Crippen LogP contribution >= 0.6 is 15.9 Å². The lowest BCUT2D eigenvalue weighted by Crippen LogP contribution is -2.13. The van der Waals surface area contributed by atoms with Gasteiger partial charge in [-0.1, -0.05) is 59.6 Å². The molecule has 1 heterocycles. The standard InChI is InChI=1S/C23H25BrN2O2/c1-4-7-19-22(16-10-12-18(24)13-11-16)21(23(25)27)15(2)26(19)14-17-8-5-6-9-20(17)28-3/h5-6,8-13H,4,7,14H2,1-3H3,(H2,25,27). The van der Waals surface area contributed by atoms with Gasteiger partial charge in [-0.25, -0.2) is 0 Å². The van der Waals surface area contributed by atoms with Gasteiger partial charge >= 0.3 is 0 Å². The van der Waals surface area contributed by atoms with Crippen LogP contribution in [-0.4, -0.2) is 17.6 Å². The third kappa shape index (κ3) is 3.85. The number of nitrogens with zero attached hydrogens (tertiary/aromatic N) is 1. The van der Waals surface area contributed by atoms with Crippen molar-refractivity contribution in [2.75, 3.05) is 7.11 Å². The molecule has 0 atom stereocenters. The van der Waals surface area contributed by atoms with Gasteiger partial charge in [-0.15, -0.1) is 0 Å². The molecule has 0 fully saturated rings. The van der Waals surface area contributed by atoms with E-state index in [0.29, 0.717) is 12.1 Å². The molecule has 0 bridgehead atoms. The Labute approximate surface area is 174 Å². The summed E-state index contributed by atoms with van der Waals surface area (Å²) in [6.07, 6.45) is 1.83. The second kappa shape index (κ2) is 8.65. The summed E-state index contributed by atoms with van der Waals surface area (Å²) in [5, 5.41) is 0. The molecular formula is C23H25BrN2O2.